The predicted molar refractivity (Wildman–Crippen MR) is 97.4 cm³/mol. The van der Waals surface area contributed by atoms with Crippen LogP contribution in [0.2, 0.25) is 0 Å². The first-order valence-corrected chi connectivity index (χ1v) is 8.77. The number of amides is 1. The topological polar surface area (TPSA) is 51.2 Å². The first-order valence-electron chi connectivity index (χ1n) is 7.89. The van der Waals surface area contributed by atoms with Gasteiger partial charge in [-0.25, -0.2) is 13.8 Å². The molecule has 134 valence electrons. The van der Waals surface area contributed by atoms with Crippen molar-refractivity contribution >= 4 is 22.4 Å². The van der Waals surface area contributed by atoms with Crippen LogP contribution in [0.25, 0.3) is 11.3 Å². The highest BCUT2D eigenvalue weighted by atomic mass is 32.1. The number of carbonyl (C=O) groups excluding carboxylic acids is 1. The minimum absolute atomic E-state index is 0.0694. The first-order chi connectivity index (χ1) is 12.5. The van der Waals surface area contributed by atoms with Crippen LogP contribution in [0.4, 0.5) is 13.9 Å². The number of halogens is 2. The Morgan fingerprint density at radius 1 is 1.19 bits per heavy atom. The maximum Gasteiger partial charge on any atom is 0.226 e. The van der Waals surface area contributed by atoms with Crippen LogP contribution < -0.4 is 10.1 Å². The molecular weight excluding hydrogens is 358 g/mol. The van der Waals surface area contributed by atoms with Gasteiger partial charge in [-0.05, 0) is 42.3 Å². The number of ether oxygens (including phenoxy) is 1. The van der Waals surface area contributed by atoms with Gasteiger partial charge in [-0.15, -0.1) is 11.3 Å². The van der Waals surface area contributed by atoms with E-state index in [4.69, 9.17) is 4.74 Å². The number of anilines is 1. The summed E-state index contributed by atoms with van der Waals surface area (Å²) in [4.78, 5) is 16.2. The fourth-order valence-electron chi connectivity index (χ4n) is 2.38. The highest BCUT2D eigenvalue weighted by molar-refractivity contribution is 7.14. The monoisotopic (exact) mass is 374 g/mol. The molecule has 0 unspecified atom stereocenters. The van der Waals surface area contributed by atoms with Gasteiger partial charge >= 0.3 is 0 Å². The molecule has 0 fully saturated rings. The van der Waals surface area contributed by atoms with Gasteiger partial charge in [0.05, 0.1) is 12.8 Å². The molecule has 0 spiro atoms. The molecule has 0 atom stereocenters. The molecule has 7 heteroatoms. The standard InChI is InChI=1S/C19H16F2N2O2S/c1-25-14-6-2-12(3-7-14)4-9-18(24)23-19-22-17(11-26-19)15-10-13(20)5-8-16(15)21/h2-3,5-8,10-11H,4,9H2,1H3,(H,22,23,24). The molecule has 0 bridgehead atoms. The summed E-state index contributed by atoms with van der Waals surface area (Å²) in [5, 5.41) is 4.62. The zero-order valence-electron chi connectivity index (χ0n) is 14.0. The molecule has 1 heterocycles. The summed E-state index contributed by atoms with van der Waals surface area (Å²) in [7, 11) is 1.60. The van der Waals surface area contributed by atoms with E-state index in [0.29, 0.717) is 11.6 Å². The minimum atomic E-state index is -0.561. The van der Waals surface area contributed by atoms with E-state index in [1.54, 1.807) is 12.5 Å². The van der Waals surface area contributed by atoms with E-state index < -0.39 is 11.6 Å². The number of thiazole rings is 1. The number of nitrogens with zero attached hydrogens (tertiary/aromatic N) is 1. The smallest absolute Gasteiger partial charge is 0.226 e. The van der Waals surface area contributed by atoms with Crippen molar-refractivity contribution in [3.63, 3.8) is 0 Å². The summed E-state index contributed by atoms with van der Waals surface area (Å²) in [6.45, 7) is 0. The third-order valence-electron chi connectivity index (χ3n) is 3.75. The lowest BCUT2D eigenvalue weighted by Crippen LogP contribution is -2.12. The Hall–Kier alpha value is -2.80. The second kappa shape index (κ2) is 8.05. The zero-order valence-corrected chi connectivity index (χ0v) is 14.8. The van der Waals surface area contributed by atoms with Gasteiger partial charge in [0, 0.05) is 17.4 Å². The number of methoxy groups -OCH3 is 1. The Balaban J connectivity index is 1.59. The highest BCUT2D eigenvalue weighted by Gasteiger charge is 2.12. The molecule has 0 aliphatic carbocycles. The van der Waals surface area contributed by atoms with Gasteiger partial charge in [0.1, 0.15) is 17.4 Å². The van der Waals surface area contributed by atoms with Crippen LogP contribution in [-0.4, -0.2) is 18.0 Å². The van der Waals surface area contributed by atoms with Gasteiger partial charge in [-0.3, -0.25) is 4.79 Å². The van der Waals surface area contributed by atoms with Crippen LogP contribution in [0.5, 0.6) is 5.75 Å². The van der Waals surface area contributed by atoms with E-state index in [-0.39, 0.29) is 23.6 Å². The molecule has 0 aliphatic rings. The van der Waals surface area contributed by atoms with Crippen molar-refractivity contribution in [3.8, 4) is 17.0 Å². The average molecular weight is 374 g/mol. The molecule has 1 amide bonds. The van der Waals surface area contributed by atoms with E-state index in [9.17, 15) is 13.6 Å². The number of hydrogen-bond acceptors (Lipinski definition) is 4. The number of rotatable bonds is 6. The summed E-state index contributed by atoms with van der Waals surface area (Å²) >= 11 is 1.17. The van der Waals surface area contributed by atoms with Crippen molar-refractivity contribution in [2.45, 2.75) is 12.8 Å². The summed E-state index contributed by atoms with van der Waals surface area (Å²) in [5.41, 5.74) is 1.38. The quantitative estimate of drug-likeness (QED) is 0.682. The molecular formula is C19H16F2N2O2S. The number of aromatic nitrogens is 1. The van der Waals surface area contributed by atoms with E-state index in [1.807, 2.05) is 24.3 Å². The van der Waals surface area contributed by atoms with E-state index in [1.165, 1.54) is 11.3 Å². The largest absolute Gasteiger partial charge is 0.497 e. The van der Waals surface area contributed by atoms with Crippen molar-refractivity contribution in [1.82, 2.24) is 4.98 Å². The van der Waals surface area contributed by atoms with Crippen molar-refractivity contribution in [2.75, 3.05) is 12.4 Å². The normalized spacial score (nSPS) is 10.6. The summed E-state index contributed by atoms with van der Waals surface area (Å²) in [6.07, 6.45) is 0.863. The van der Waals surface area contributed by atoms with Gasteiger partial charge < -0.3 is 10.1 Å². The van der Waals surface area contributed by atoms with Crippen molar-refractivity contribution < 1.29 is 18.3 Å². The molecule has 26 heavy (non-hydrogen) atoms. The highest BCUT2D eigenvalue weighted by Crippen LogP contribution is 2.27. The van der Waals surface area contributed by atoms with Crippen LogP contribution in [-0.2, 0) is 11.2 Å². The number of nitrogens with one attached hydrogen (secondary N) is 1. The average Bonchev–Trinajstić information content (AvgIpc) is 3.10. The maximum absolute atomic E-state index is 13.8. The second-order valence-electron chi connectivity index (χ2n) is 5.56. The number of aryl methyl sites for hydroxylation is 1. The van der Waals surface area contributed by atoms with E-state index >= 15 is 0 Å². The predicted octanol–water partition coefficient (Wildman–Crippen LogP) is 4.67. The van der Waals surface area contributed by atoms with Crippen LogP contribution in [0, 0.1) is 11.6 Å². The number of benzene rings is 2. The van der Waals surface area contributed by atoms with Gasteiger partial charge in [0.25, 0.3) is 0 Å². The van der Waals surface area contributed by atoms with Gasteiger partial charge in [-0.1, -0.05) is 12.1 Å². The van der Waals surface area contributed by atoms with Crippen LogP contribution in [0.1, 0.15) is 12.0 Å². The molecule has 0 aliphatic heterocycles. The molecule has 3 rings (SSSR count). The SMILES string of the molecule is COc1ccc(CCC(=O)Nc2nc(-c3cc(F)ccc3F)cs2)cc1. The Bertz CT molecular complexity index is 910. The van der Waals surface area contributed by atoms with Crippen LogP contribution in [0.3, 0.4) is 0 Å². The molecule has 2 aromatic carbocycles. The Morgan fingerprint density at radius 3 is 2.69 bits per heavy atom. The molecule has 0 saturated heterocycles. The lowest BCUT2D eigenvalue weighted by molar-refractivity contribution is -0.116. The van der Waals surface area contributed by atoms with Crippen molar-refractivity contribution in [3.05, 3.63) is 65.0 Å². The molecule has 0 saturated carbocycles. The number of carbonyl (C=O) groups is 1. The molecule has 1 aromatic heterocycles. The molecule has 4 nitrogen and oxygen atoms in total. The second-order valence-corrected chi connectivity index (χ2v) is 6.42. The summed E-state index contributed by atoms with van der Waals surface area (Å²) in [6, 6.07) is 10.7. The Morgan fingerprint density at radius 2 is 1.96 bits per heavy atom. The lowest BCUT2D eigenvalue weighted by atomic mass is 10.1. The van der Waals surface area contributed by atoms with Gasteiger partial charge in [-0.2, -0.15) is 0 Å². The first kappa shape index (κ1) is 18.0. The summed E-state index contributed by atoms with van der Waals surface area (Å²) < 4.78 is 32.2. The lowest BCUT2D eigenvalue weighted by Gasteiger charge is -2.04. The fraction of sp³-hybridized carbons (Fsp3) is 0.158. The molecule has 0 radical (unpaired) electrons. The van der Waals surface area contributed by atoms with Crippen LogP contribution >= 0.6 is 11.3 Å². The van der Waals surface area contributed by atoms with E-state index in [2.05, 4.69) is 10.3 Å². The van der Waals surface area contributed by atoms with Gasteiger partial charge in [0.15, 0.2) is 5.13 Å². The third-order valence-corrected chi connectivity index (χ3v) is 4.51. The zero-order chi connectivity index (χ0) is 18.5. The summed E-state index contributed by atoms with van der Waals surface area (Å²) in [5.74, 6) is -0.534. The van der Waals surface area contributed by atoms with Crippen LogP contribution in [0.15, 0.2) is 47.8 Å². The fourth-order valence-corrected chi connectivity index (χ4v) is 3.11. The minimum Gasteiger partial charge on any atom is -0.497 e. The number of hydrogen-bond donors (Lipinski definition) is 1. The van der Waals surface area contributed by atoms with E-state index in [0.717, 1.165) is 29.5 Å². The Labute approximate surface area is 153 Å². The third kappa shape index (κ3) is 4.43. The van der Waals surface area contributed by atoms with Gasteiger partial charge in [0.2, 0.25) is 5.91 Å². The Kier molecular flexibility index (Phi) is 5.58. The van der Waals surface area contributed by atoms with Crippen molar-refractivity contribution in [2.24, 2.45) is 0 Å². The van der Waals surface area contributed by atoms with Crippen molar-refractivity contribution in [1.29, 1.82) is 0 Å². The maximum atomic E-state index is 13.8. The molecule has 3 aromatic rings. The molecule has 1 N–H and O–H groups in total.